The van der Waals surface area contributed by atoms with E-state index in [0.29, 0.717) is 0 Å². The summed E-state index contributed by atoms with van der Waals surface area (Å²) in [4.78, 5) is 0. The van der Waals surface area contributed by atoms with Crippen molar-refractivity contribution in [2.75, 3.05) is 0 Å². The van der Waals surface area contributed by atoms with Crippen LogP contribution in [-0.2, 0) is 24.6 Å². The van der Waals surface area contributed by atoms with Crippen molar-refractivity contribution in [3.05, 3.63) is 21.6 Å². The maximum atomic E-state index is 6.35. The van der Waals surface area contributed by atoms with Crippen LogP contribution in [0.5, 0.6) is 0 Å². The molecule has 0 atom stereocenters. The van der Waals surface area contributed by atoms with Gasteiger partial charge in [0, 0.05) is 0 Å². The van der Waals surface area contributed by atoms with Gasteiger partial charge in [0.1, 0.15) is 0 Å². The molecule has 103 valence electrons. The maximum absolute atomic E-state index is 6.35. The van der Waals surface area contributed by atoms with Crippen LogP contribution < -0.4 is 24.8 Å². The minimum absolute atomic E-state index is 0. The van der Waals surface area contributed by atoms with Crippen molar-refractivity contribution in [1.82, 2.24) is 0 Å². The molecular weight excluding hydrogens is 335 g/mol. The molecule has 1 aliphatic rings. The third-order valence-electron chi connectivity index (χ3n) is 2.61. The van der Waals surface area contributed by atoms with Crippen molar-refractivity contribution in [2.24, 2.45) is 0 Å². The van der Waals surface area contributed by atoms with Gasteiger partial charge in [0.15, 0.2) is 0 Å². The molecule has 1 nitrogen and oxygen atoms in total. The summed E-state index contributed by atoms with van der Waals surface area (Å²) < 4.78 is 7.90. The van der Waals surface area contributed by atoms with Gasteiger partial charge in [-0.25, -0.2) is 0 Å². The Kier molecular flexibility index (Phi) is 10.1. The van der Waals surface area contributed by atoms with Gasteiger partial charge in [-0.15, -0.1) is 0 Å². The standard InChI is InChI=1S/C12H23OSi2.2ClH.Ti/c1-14(2,3)13-15(4,5)11-10-12-8-6-7-9-12;;;/h6,8H,7,10-11H2,1-5H3;2*1H;/q;;;+2/p-2. The molecule has 0 aromatic heterocycles. The molecule has 1 rings (SSSR count). The molecule has 0 aliphatic heterocycles. The second-order valence-electron chi connectivity index (χ2n) is 6.08. The molecule has 0 unspecified atom stereocenters. The van der Waals surface area contributed by atoms with Crippen molar-refractivity contribution in [3.8, 4) is 0 Å². The van der Waals surface area contributed by atoms with Crippen LogP contribution in [0.1, 0.15) is 12.8 Å². The van der Waals surface area contributed by atoms with Gasteiger partial charge in [-0.05, 0) is 0 Å². The number of allylic oxidation sites excluding steroid dienone is 4. The fraction of sp³-hybridized carbons (Fsp3) is 0.667. The summed E-state index contributed by atoms with van der Waals surface area (Å²) in [7, 11) is -2.80. The molecule has 0 spiro atoms. The Morgan fingerprint density at radius 1 is 1.17 bits per heavy atom. The molecule has 0 aromatic rings. The second kappa shape index (κ2) is 8.45. The average molecular weight is 358 g/mol. The van der Waals surface area contributed by atoms with E-state index < -0.39 is 16.6 Å². The predicted molar refractivity (Wildman–Crippen MR) is 72.1 cm³/mol. The van der Waals surface area contributed by atoms with Crippen molar-refractivity contribution in [3.63, 3.8) is 0 Å². The van der Waals surface area contributed by atoms with E-state index in [2.05, 4.69) is 65.3 Å². The van der Waals surface area contributed by atoms with Crippen LogP contribution in [0, 0.1) is 0 Å². The molecule has 0 N–H and O–H groups in total. The van der Waals surface area contributed by atoms with Crippen LogP contribution in [0.15, 0.2) is 21.6 Å². The number of rotatable bonds is 5. The number of halogens is 2. The first-order chi connectivity index (χ1) is 7.20. The number of hydrogen-bond acceptors (Lipinski definition) is 1. The predicted octanol–water partition coefficient (Wildman–Crippen LogP) is -1.80. The number of hydrogen-bond donors (Lipinski definition) is 0. The van der Waals surface area contributed by atoms with Crippen LogP contribution in [0.3, 0.4) is 0 Å². The summed E-state index contributed by atoms with van der Waals surface area (Å²) in [5.74, 6) is 0. The van der Waals surface area contributed by atoms with E-state index in [1.807, 2.05) is 0 Å². The molecule has 0 aromatic carbocycles. The van der Waals surface area contributed by atoms with Gasteiger partial charge in [0.05, 0.1) is 0 Å². The molecular formula is C12H23Cl2OSi2Ti. The zero-order valence-electron chi connectivity index (χ0n) is 11.9. The third kappa shape index (κ3) is 8.36. The topological polar surface area (TPSA) is 9.23 Å². The summed E-state index contributed by atoms with van der Waals surface area (Å²) in [5, 5.41) is 0. The fourth-order valence-electron chi connectivity index (χ4n) is 2.10. The van der Waals surface area contributed by atoms with Gasteiger partial charge in [0.2, 0.25) is 0 Å². The summed E-state index contributed by atoms with van der Waals surface area (Å²) in [6.07, 6.45) is 6.95. The zero-order chi connectivity index (χ0) is 12.4. The Balaban J connectivity index is 0. The van der Waals surface area contributed by atoms with E-state index >= 15 is 0 Å². The molecule has 0 saturated heterocycles. The zero-order valence-corrected chi connectivity index (χ0v) is 17.0. The van der Waals surface area contributed by atoms with E-state index in [4.69, 9.17) is 4.12 Å². The Morgan fingerprint density at radius 3 is 2.11 bits per heavy atom. The van der Waals surface area contributed by atoms with Gasteiger partial charge in [-0.3, -0.25) is 0 Å². The molecule has 0 radical (unpaired) electrons. The third-order valence-corrected chi connectivity index (χ3v) is 9.54. The van der Waals surface area contributed by atoms with Crippen molar-refractivity contribution >= 4 is 16.6 Å². The van der Waals surface area contributed by atoms with Crippen molar-refractivity contribution < 1.29 is 49.4 Å². The minimum Gasteiger partial charge on any atom is -1.00 e. The molecule has 0 heterocycles. The summed E-state index contributed by atoms with van der Waals surface area (Å²) in [6, 6.07) is 1.26. The van der Waals surface area contributed by atoms with Gasteiger partial charge < -0.3 is 24.8 Å². The summed E-state index contributed by atoms with van der Waals surface area (Å²) >= 11 is 2.25. The van der Waals surface area contributed by atoms with E-state index in [9.17, 15) is 0 Å². The largest absolute Gasteiger partial charge is 1.00 e. The molecule has 18 heavy (non-hydrogen) atoms. The Labute approximate surface area is 138 Å². The first kappa shape index (κ1) is 21.5. The maximum Gasteiger partial charge on any atom is -1.00 e. The smallest absolute Gasteiger partial charge is 1.00 e. The first-order valence-corrected chi connectivity index (χ1v) is 13.3. The molecule has 0 amide bonds. The van der Waals surface area contributed by atoms with Crippen LogP contribution in [0.4, 0.5) is 0 Å². The molecule has 1 aliphatic carbocycles. The van der Waals surface area contributed by atoms with E-state index in [-0.39, 0.29) is 24.8 Å². The fourth-order valence-corrected chi connectivity index (χ4v) is 10.5. The first-order valence-electron chi connectivity index (χ1n) is 6.00. The molecule has 6 heteroatoms. The SMILES string of the molecule is C[Si](C)(C)O[Si](C)(C)CCC1=[C]([Ti+2])CC=C1.[Cl-].[Cl-]. The second-order valence-corrected chi connectivity index (χ2v) is 16.1. The van der Waals surface area contributed by atoms with E-state index in [1.165, 1.54) is 12.5 Å². The van der Waals surface area contributed by atoms with Crippen molar-refractivity contribution in [1.29, 1.82) is 0 Å². The van der Waals surface area contributed by atoms with E-state index in [0.717, 1.165) is 6.42 Å². The van der Waals surface area contributed by atoms with E-state index in [1.54, 1.807) is 9.45 Å². The normalized spacial score (nSPS) is 15.5. The Bertz CT molecular complexity index is 323. The Hall–Kier alpha value is 1.17. The molecule has 0 fully saturated rings. The van der Waals surface area contributed by atoms with Gasteiger partial charge >= 0.3 is 114 Å². The van der Waals surface area contributed by atoms with Crippen LogP contribution in [0.25, 0.3) is 0 Å². The Morgan fingerprint density at radius 2 is 1.72 bits per heavy atom. The average Bonchev–Trinajstić information content (AvgIpc) is 2.43. The molecule has 0 saturated carbocycles. The van der Waals surface area contributed by atoms with Crippen LogP contribution >= 0.6 is 0 Å². The van der Waals surface area contributed by atoms with Crippen LogP contribution in [0.2, 0.25) is 38.8 Å². The minimum atomic E-state index is -1.44. The summed E-state index contributed by atoms with van der Waals surface area (Å²) in [6.45, 7) is 11.6. The van der Waals surface area contributed by atoms with Crippen LogP contribution in [-0.4, -0.2) is 16.6 Å². The quantitative estimate of drug-likeness (QED) is 0.528. The summed E-state index contributed by atoms with van der Waals surface area (Å²) in [5.41, 5.74) is 1.56. The van der Waals surface area contributed by atoms with Gasteiger partial charge in [-0.1, -0.05) is 0 Å². The molecule has 0 bridgehead atoms. The monoisotopic (exact) mass is 357 g/mol. The van der Waals surface area contributed by atoms with Gasteiger partial charge in [-0.2, -0.15) is 0 Å². The van der Waals surface area contributed by atoms with Gasteiger partial charge in [0.25, 0.3) is 0 Å². The van der Waals surface area contributed by atoms with Crippen molar-refractivity contribution in [2.45, 2.75) is 51.6 Å².